The first-order chi connectivity index (χ1) is 6.40. The van der Waals surface area contributed by atoms with Crippen molar-refractivity contribution in [3.05, 3.63) is 0 Å². The lowest BCUT2D eigenvalue weighted by Gasteiger charge is -2.14. The minimum atomic E-state index is -1.49. The van der Waals surface area contributed by atoms with Crippen LogP contribution in [0.15, 0.2) is 0 Å². The quantitative estimate of drug-likeness (QED) is 0.621. The Bertz CT molecular complexity index is 232. The Hall–Kier alpha value is -1.39. The Kier molecular flexibility index (Phi) is 4.83. The van der Waals surface area contributed by atoms with Gasteiger partial charge in [-0.3, -0.25) is 14.4 Å². The number of carbonyl (C=O) groups excluding carboxylic acids is 1. The van der Waals surface area contributed by atoms with E-state index in [1.165, 1.54) is 6.92 Å². The number of carbonyl (C=O) groups is 3. The SMILES string of the molecule is CCC(=O)CC(C)C(C(=O)O)C(=O)O. The van der Waals surface area contributed by atoms with Crippen molar-refractivity contribution in [2.24, 2.45) is 11.8 Å². The van der Waals surface area contributed by atoms with Crippen molar-refractivity contribution in [3.63, 3.8) is 0 Å². The van der Waals surface area contributed by atoms with Gasteiger partial charge in [-0.1, -0.05) is 13.8 Å². The molecule has 0 radical (unpaired) electrons. The molecule has 0 fully saturated rings. The van der Waals surface area contributed by atoms with Gasteiger partial charge in [0.25, 0.3) is 0 Å². The Balaban J connectivity index is 4.45. The maximum absolute atomic E-state index is 11.0. The van der Waals surface area contributed by atoms with Gasteiger partial charge in [-0.25, -0.2) is 0 Å². The Labute approximate surface area is 81.7 Å². The standard InChI is InChI=1S/C9H14O5/c1-3-6(10)4-5(2)7(8(11)12)9(13)14/h5,7H,3-4H2,1-2H3,(H,11,12)(H,13,14). The topological polar surface area (TPSA) is 91.7 Å². The largest absolute Gasteiger partial charge is 0.481 e. The molecule has 0 aliphatic rings. The summed E-state index contributed by atoms with van der Waals surface area (Å²) in [5.74, 6) is -5.07. The summed E-state index contributed by atoms with van der Waals surface area (Å²) in [5, 5.41) is 17.2. The maximum Gasteiger partial charge on any atom is 0.318 e. The zero-order valence-corrected chi connectivity index (χ0v) is 8.19. The third kappa shape index (κ3) is 3.55. The van der Waals surface area contributed by atoms with Crippen LogP contribution in [-0.4, -0.2) is 27.9 Å². The zero-order chi connectivity index (χ0) is 11.3. The van der Waals surface area contributed by atoms with Crippen molar-refractivity contribution >= 4 is 17.7 Å². The van der Waals surface area contributed by atoms with Crippen LogP contribution in [-0.2, 0) is 14.4 Å². The van der Waals surface area contributed by atoms with E-state index in [1.807, 2.05) is 0 Å². The molecule has 0 rings (SSSR count). The van der Waals surface area contributed by atoms with Gasteiger partial charge < -0.3 is 10.2 Å². The summed E-state index contributed by atoms with van der Waals surface area (Å²) in [4.78, 5) is 32.1. The molecule has 0 saturated carbocycles. The molecular weight excluding hydrogens is 188 g/mol. The number of hydrogen-bond donors (Lipinski definition) is 2. The van der Waals surface area contributed by atoms with E-state index in [-0.39, 0.29) is 12.2 Å². The summed E-state index contributed by atoms with van der Waals surface area (Å²) in [5.41, 5.74) is 0. The number of carboxylic acid groups (broad SMARTS) is 2. The number of aliphatic carboxylic acids is 2. The van der Waals surface area contributed by atoms with E-state index < -0.39 is 23.8 Å². The van der Waals surface area contributed by atoms with Crippen molar-refractivity contribution in [1.29, 1.82) is 0 Å². The van der Waals surface area contributed by atoms with Crippen LogP contribution in [0.1, 0.15) is 26.7 Å². The average molecular weight is 202 g/mol. The fourth-order valence-electron chi connectivity index (χ4n) is 1.21. The van der Waals surface area contributed by atoms with Gasteiger partial charge in [-0.05, 0) is 5.92 Å². The lowest BCUT2D eigenvalue weighted by molar-refractivity contribution is -0.157. The summed E-state index contributed by atoms with van der Waals surface area (Å²) in [6.07, 6.45) is 0.302. The Morgan fingerprint density at radius 1 is 1.14 bits per heavy atom. The molecule has 5 nitrogen and oxygen atoms in total. The second kappa shape index (κ2) is 5.36. The van der Waals surface area contributed by atoms with E-state index in [0.717, 1.165) is 0 Å². The van der Waals surface area contributed by atoms with Crippen LogP contribution in [0, 0.1) is 11.8 Å². The smallest absolute Gasteiger partial charge is 0.318 e. The van der Waals surface area contributed by atoms with Gasteiger partial charge >= 0.3 is 11.9 Å². The van der Waals surface area contributed by atoms with Gasteiger partial charge in [0.1, 0.15) is 5.78 Å². The molecule has 0 amide bonds. The molecule has 0 aromatic heterocycles. The molecule has 0 aromatic carbocycles. The lowest BCUT2D eigenvalue weighted by Crippen LogP contribution is -2.30. The summed E-state index contributed by atoms with van der Waals surface area (Å²) >= 11 is 0. The van der Waals surface area contributed by atoms with Crippen LogP contribution in [0.4, 0.5) is 0 Å². The monoisotopic (exact) mass is 202 g/mol. The average Bonchev–Trinajstić information content (AvgIpc) is 2.02. The number of carboxylic acids is 2. The molecule has 0 aliphatic heterocycles. The van der Waals surface area contributed by atoms with Crippen molar-refractivity contribution in [3.8, 4) is 0 Å². The number of ketones is 1. The highest BCUT2D eigenvalue weighted by Crippen LogP contribution is 2.17. The second-order valence-corrected chi connectivity index (χ2v) is 3.23. The zero-order valence-electron chi connectivity index (χ0n) is 8.19. The van der Waals surface area contributed by atoms with Crippen LogP contribution < -0.4 is 0 Å². The van der Waals surface area contributed by atoms with Crippen molar-refractivity contribution in [2.45, 2.75) is 26.7 Å². The van der Waals surface area contributed by atoms with Crippen LogP contribution in [0.5, 0.6) is 0 Å². The number of rotatable bonds is 6. The first-order valence-electron chi connectivity index (χ1n) is 4.37. The van der Waals surface area contributed by atoms with E-state index in [9.17, 15) is 14.4 Å². The van der Waals surface area contributed by atoms with Crippen molar-refractivity contribution in [2.75, 3.05) is 0 Å². The molecule has 2 N–H and O–H groups in total. The molecule has 14 heavy (non-hydrogen) atoms. The summed E-state index contributed by atoms with van der Waals surface area (Å²) < 4.78 is 0. The molecule has 0 heterocycles. The minimum absolute atomic E-state index is 0.000231. The molecular formula is C9H14O5. The van der Waals surface area contributed by atoms with Crippen LogP contribution in [0.25, 0.3) is 0 Å². The summed E-state index contributed by atoms with van der Waals surface area (Å²) in [7, 11) is 0. The number of hydrogen-bond acceptors (Lipinski definition) is 3. The molecule has 0 aromatic rings. The first-order valence-corrected chi connectivity index (χ1v) is 4.37. The fourth-order valence-corrected chi connectivity index (χ4v) is 1.21. The van der Waals surface area contributed by atoms with Crippen LogP contribution in [0.3, 0.4) is 0 Å². The number of Topliss-reactive ketones (excluding diaryl/α,β-unsaturated/α-hetero) is 1. The molecule has 1 atom stereocenters. The molecule has 80 valence electrons. The van der Waals surface area contributed by atoms with Crippen molar-refractivity contribution < 1.29 is 24.6 Å². The van der Waals surface area contributed by atoms with E-state index in [2.05, 4.69) is 0 Å². The van der Waals surface area contributed by atoms with E-state index in [1.54, 1.807) is 6.92 Å². The van der Waals surface area contributed by atoms with Gasteiger partial charge in [-0.2, -0.15) is 0 Å². The normalized spacial score (nSPS) is 12.5. The van der Waals surface area contributed by atoms with Gasteiger partial charge in [0, 0.05) is 12.8 Å². The van der Waals surface area contributed by atoms with Gasteiger partial charge in [-0.15, -0.1) is 0 Å². The highest BCUT2D eigenvalue weighted by atomic mass is 16.4. The minimum Gasteiger partial charge on any atom is -0.481 e. The Morgan fingerprint density at radius 3 is 1.86 bits per heavy atom. The molecule has 0 saturated heterocycles. The predicted octanol–water partition coefficient (Wildman–Crippen LogP) is 0.777. The van der Waals surface area contributed by atoms with Crippen molar-refractivity contribution in [1.82, 2.24) is 0 Å². The first kappa shape index (κ1) is 12.6. The molecule has 0 aliphatic carbocycles. The van der Waals surface area contributed by atoms with E-state index >= 15 is 0 Å². The molecule has 1 unspecified atom stereocenters. The highest BCUT2D eigenvalue weighted by Gasteiger charge is 2.32. The predicted molar refractivity (Wildman–Crippen MR) is 47.8 cm³/mol. The van der Waals surface area contributed by atoms with Gasteiger partial charge in [0.2, 0.25) is 0 Å². The third-order valence-electron chi connectivity index (χ3n) is 2.05. The Morgan fingerprint density at radius 2 is 1.57 bits per heavy atom. The summed E-state index contributed by atoms with van der Waals surface area (Å²) in [6, 6.07) is 0. The van der Waals surface area contributed by atoms with E-state index in [4.69, 9.17) is 10.2 Å². The van der Waals surface area contributed by atoms with E-state index in [0.29, 0.717) is 6.42 Å². The van der Waals surface area contributed by atoms with Gasteiger partial charge in [0.05, 0.1) is 0 Å². The molecule has 0 spiro atoms. The van der Waals surface area contributed by atoms with Crippen LogP contribution in [0.2, 0.25) is 0 Å². The van der Waals surface area contributed by atoms with Crippen LogP contribution >= 0.6 is 0 Å². The fraction of sp³-hybridized carbons (Fsp3) is 0.667. The molecule has 0 bridgehead atoms. The highest BCUT2D eigenvalue weighted by molar-refractivity contribution is 5.94. The maximum atomic E-state index is 11.0. The summed E-state index contributed by atoms with van der Waals surface area (Å²) in [6.45, 7) is 3.12. The lowest BCUT2D eigenvalue weighted by atomic mass is 9.89. The second-order valence-electron chi connectivity index (χ2n) is 3.23. The van der Waals surface area contributed by atoms with Gasteiger partial charge in [0.15, 0.2) is 5.92 Å². The molecule has 5 heteroatoms. The third-order valence-corrected chi connectivity index (χ3v) is 2.05.